The molecule has 1 saturated heterocycles. The molecule has 38 heavy (non-hydrogen) atoms. The van der Waals surface area contributed by atoms with Crippen molar-refractivity contribution in [3.05, 3.63) is 106 Å². The number of hydrogen-bond donors (Lipinski definition) is 0. The molecule has 5 rings (SSSR count). The average Bonchev–Trinajstić information content (AvgIpc) is 3.27. The fourth-order valence-electron chi connectivity index (χ4n) is 5.13. The Balaban J connectivity index is 1.40. The maximum absolute atomic E-state index is 13.2. The van der Waals surface area contributed by atoms with Crippen molar-refractivity contribution in [2.45, 2.75) is 26.1 Å². The van der Waals surface area contributed by atoms with Crippen LogP contribution in [0.1, 0.15) is 23.7 Å². The number of halogens is 5. The molecule has 0 spiro atoms. The summed E-state index contributed by atoms with van der Waals surface area (Å²) < 4.78 is 41.9. The lowest BCUT2D eigenvalue weighted by Gasteiger charge is -2.36. The molecule has 3 nitrogen and oxygen atoms in total. The molecule has 0 saturated carbocycles. The Labute approximate surface area is 231 Å². The Hall–Kier alpha value is -2.93. The fourth-order valence-corrected chi connectivity index (χ4v) is 5.38. The van der Waals surface area contributed by atoms with Crippen molar-refractivity contribution in [3.8, 4) is 16.9 Å². The van der Waals surface area contributed by atoms with Crippen LogP contribution < -0.4 is 4.90 Å². The predicted molar refractivity (Wildman–Crippen MR) is 150 cm³/mol. The highest BCUT2D eigenvalue weighted by Gasteiger charge is 2.31. The number of hydrogen-bond acceptors (Lipinski definition) is 2. The summed E-state index contributed by atoms with van der Waals surface area (Å²) in [6, 6.07) is 23.5. The monoisotopic (exact) mass is 557 g/mol. The van der Waals surface area contributed by atoms with Crippen LogP contribution in [0.2, 0.25) is 10.0 Å². The highest BCUT2D eigenvalue weighted by molar-refractivity contribution is 6.30. The van der Waals surface area contributed by atoms with Gasteiger partial charge < -0.3 is 9.47 Å². The first-order valence-corrected chi connectivity index (χ1v) is 13.4. The topological polar surface area (TPSA) is 11.4 Å². The van der Waals surface area contributed by atoms with Gasteiger partial charge in [-0.25, -0.2) is 0 Å². The number of benzene rings is 3. The first-order valence-electron chi connectivity index (χ1n) is 12.6. The van der Waals surface area contributed by atoms with Gasteiger partial charge in [0.15, 0.2) is 0 Å². The van der Waals surface area contributed by atoms with E-state index in [9.17, 15) is 13.2 Å². The minimum Gasteiger partial charge on any atom is -0.369 e. The van der Waals surface area contributed by atoms with Crippen molar-refractivity contribution < 1.29 is 13.2 Å². The van der Waals surface area contributed by atoms with Crippen LogP contribution in [0.5, 0.6) is 0 Å². The van der Waals surface area contributed by atoms with Crippen molar-refractivity contribution >= 4 is 28.9 Å². The fraction of sp³-hybridized carbons (Fsp3) is 0.267. The largest absolute Gasteiger partial charge is 0.416 e. The van der Waals surface area contributed by atoms with Gasteiger partial charge in [-0.15, -0.1) is 0 Å². The van der Waals surface area contributed by atoms with E-state index in [2.05, 4.69) is 22.5 Å². The Kier molecular flexibility index (Phi) is 7.75. The molecule has 1 aliphatic rings. The molecule has 4 aromatic rings. The second-order valence-corrected chi connectivity index (χ2v) is 10.4. The molecule has 1 aromatic heterocycles. The first-order chi connectivity index (χ1) is 18.2. The lowest BCUT2D eigenvalue weighted by atomic mass is 10.1. The molecule has 0 bridgehead atoms. The maximum Gasteiger partial charge on any atom is 0.416 e. The average molecular weight is 558 g/mol. The summed E-state index contributed by atoms with van der Waals surface area (Å²) in [6.45, 7) is 5.79. The molecule has 0 unspecified atom stereocenters. The van der Waals surface area contributed by atoms with Gasteiger partial charge in [-0.05, 0) is 78.2 Å². The zero-order chi connectivity index (χ0) is 26.9. The Morgan fingerprint density at radius 3 is 2.00 bits per heavy atom. The summed E-state index contributed by atoms with van der Waals surface area (Å²) in [5, 5.41) is 1.37. The second kappa shape index (κ2) is 11.0. The third-order valence-corrected chi connectivity index (χ3v) is 7.56. The van der Waals surface area contributed by atoms with E-state index in [1.54, 1.807) is 6.07 Å². The van der Waals surface area contributed by atoms with E-state index in [0.717, 1.165) is 49.1 Å². The number of alkyl halides is 3. The van der Waals surface area contributed by atoms with Gasteiger partial charge in [0.25, 0.3) is 0 Å². The molecule has 0 atom stereocenters. The molecule has 3 aromatic carbocycles. The van der Waals surface area contributed by atoms with Gasteiger partial charge in [-0.2, -0.15) is 13.2 Å². The molecule has 0 N–H and O–H groups in total. The number of rotatable bonds is 6. The third kappa shape index (κ3) is 5.73. The molecular weight excluding hydrogens is 530 g/mol. The minimum atomic E-state index is -4.34. The Morgan fingerprint density at radius 1 is 0.763 bits per heavy atom. The summed E-state index contributed by atoms with van der Waals surface area (Å²) in [7, 11) is 0. The molecule has 2 heterocycles. The van der Waals surface area contributed by atoms with E-state index < -0.39 is 11.7 Å². The van der Waals surface area contributed by atoms with Gasteiger partial charge in [-0.1, -0.05) is 48.3 Å². The number of piperazine rings is 1. The Bertz CT molecular complexity index is 1390. The lowest BCUT2D eigenvalue weighted by molar-refractivity contribution is -0.137. The zero-order valence-electron chi connectivity index (χ0n) is 21.0. The van der Waals surface area contributed by atoms with Crippen LogP contribution in [-0.4, -0.2) is 35.6 Å². The van der Waals surface area contributed by atoms with E-state index in [1.165, 1.54) is 23.4 Å². The van der Waals surface area contributed by atoms with Crippen LogP contribution in [0.4, 0.5) is 18.9 Å². The maximum atomic E-state index is 13.2. The highest BCUT2D eigenvalue weighted by Crippen LogP contribution is 2.34. The first kappa shape index (κ1) is 26.7. The molecule has 1 fully saturated rings. The third-order valence-electron chi connectivity index (χ3n) is 7.06. The van der Waals surface area contributed by atoms with Crippen molar-refractivity contribution in [2.75, 3.05) is 31.1 Å². The van der Waals surface area contributed by atoms with Crippen molar-refractivity contribution in [1.82, 2.24) is 9.47 Å². The van der Waals surface area contributed by atoms with Crippen LogP contribution in [0, 0.1) is 0 Å². The second-order valence-electron chi connectivity index (χ2n) is 9.49. The van der Waals surface area contributed by atoms with Crippen LogP contribution >= 0.6 is 23.2 Å². The number of nitrogens with zero attached hydrogens (tertiary/aromatic N) is 3. The standard InChI is InChI=1S/C30H28Cl2F3N3/c1-2-28-22(20-36-14-16-37(17-15-36)27-5-3-4-23(19-27)30(33,34)35)18-29(21-6-8-24(31)9-7-21)38(28)26-12-10-25(32)11-13-26/h3-13,18-19H,2,14-17,20H2,1H3. The quantitative estimate of drug-likeness (QED) is 0.236. The highest BCUT2D eigenvalue weighted by atomic mass is 35.5. The van der Waals surface area contributed by atoms with E-state index in [-0.39, 0.29) is 0 Å². The van der Waals surface area contributed by atoms with E-state index in [1.807, 2.05) is 53.4 Å². The van der Waals surface area contributed by atoms with Gasteiger partial charge in [0.05, 0.1) is 11.3 Å². The Morgan fingerprint density at radius 2 is 1.39 bits per heavy atom. The predicted octanol–water partition coefficient (Wildman–Crippen LogP) is 8.35. The summed E-state index contributed by atoms with van der Waals surface area (Å²) >= 11 is 12.3. The normalized spacial score (nSPS) is 14.7. The van der Waals surface area contributed by atoms with E-state index in [0.29, 0.717) is 28.8 Å². The summed E-state index contributed by atoms with van der Waals surface area (Å²) in [5.41, 5.74) is 5.66. The molecule has 198 valence electrons. The molecule has 8 heteroatoms. The summed E-state index contributed by atoms with van der Waals surface area (Å²) in [6.07, 6.45) is -3.50. The van der Waals surface area contributed by atoms with Crippen molar-refractivity contribution in [1.29, 1.82) is 0 Å². The zero-order valence-corrected chi connectivity index (χ0v) is 22.5. The van der Waals surface area contributed by atoms with Crippen LogP contribution in [0.3, 0.4) is 0 Å². The molecule has 0 aliphatic carbocycles. The van der Waals surface area contributed by atoms with Gasteiger partial charge in [0, 0.05) is 59.8 Å². The van der Waals surface area contributed by atoms with Gasteiger partial charge >= 0.3 is 6.18 Å². The van der Waals surface area contributed by atoms with Gasteiger partial charge in [0.1, 0.15) is 0 Å². The van der Waals surface area contributed by atoms with E-state index in [4.69, 9.17) is 23.2 Å². The van der Waals surface area contributed by atoms with Gasteiger partial charge in [0.2, 0.25) is 0 Å². The molecule has 1 aliphatic heterocycles. The van der Waals surface area contributed by atoms with Crippen LogP contribution in [0.15, 0.2) is 78.9 Å². The molecule has 0 amide bonds. The van der Waals surface area contributed by atoms with Crippen LogP contribution in [-0.2, 0) is 19.1 Å². The summed E-state index contributed by atoms with van der Waals surface area (Å²) in [5.74, 6) is 0. The smallest absolute Gasteiger partial charge is 0.369 e. The molecular formula is C30H28Cl2F3N3. The molecule has 0 radical (unpaired) electrons. The van der Waals surface area contributed by atoms with Crippen LogP contribution in [0.25, 0.3) is 16.9 Å². The van der Waals surface area contributed by atoms with Crippen molar-refractivity contribution in [2.24, 2.45) is 0 Å². The number of aromatic nitrogens is 1. The SMILES string of the molecule is CCc1c(CN2CCN(c3cccc(C(F)(F)F)c3)CC2)cc(-c2ccc(Cl)cc2)n1-c1ccc(Cl)cc1. The summed E-state index contributed by atoms with van der Waals surface area (Å²) in [4.78, 5) is 4.40. The minimum absolute atomic E-state index is 0.608. The van der Waals surface area contributed by atoms with Gasteiger partial charge in [-0.3, -0.25) is 4.90 Å². The number of anilines is 1. The van der Waals surface area contributed by atoms with Crippen molar-refractivity contribution in [3.63, 3.8) is 0 Å². The lowest BCUT2D eigenvalue weighted by Crippen LogP contribution is -2.46. The van der Waals surface area contributed by atoms with E-state index >= 15 is 0 Å².